The highest BCUT2D eigenvalue weighted by Crippen LogP contribution is 2.12. The van der Waals surface area contributed by atoms with Crippen molar-refractivity contribution in [3.05, 3.63) is 0 Å². The van der Waals surface area contributed by atoms with Gasteiger partial charge in [-0.1, -0.05) is 0 Å². The minimum absolute atomic E-state index is 0.194. The van der Waals surface area contributed by atoms with Crippen molar-refractivity contribution in [2.75, 3.05) is 24.6 Å². The molecule has 0 aliphatic carbocycles. The molecule has 0 bridgehead atoms. The van der Waals surface area contributed by atoms with Crippen molar-refractivity contribution in [2.24, 2.45) is 0 Å². The van der Waals surface area contributed by atoms with Crippen LogP contribution in [0.4, 0.5) is 0 Å². The number of esters is 1. The lowest BCUT2D eigenvalue weighted by Crippen LogP contribution is -2.48. The summed E-state index contributed by atoms with van der Waals surface area (Å²) in [4.78, 5) is 13.8. The smallest absolute Gasteiger partial charge is 0.323 e. The van der Waals surface area contributed by atoms with E-state index in [2.05, 4.69) is 0 Å². The summed E-state index contributed by atoms with van der Waals surface area (Å²) in [6.45, 7) is 8.87. The van der Waals surface area contributed by atoms with Crippen molar-refractivity contribution in [1.29, 1.82) is 0 Å². The molecule has 1 rings (SSSR count). The van der Waals surface area contributed by atoms with Crippen molar-refractivity contribution in [3.8, 4) is 0 Å². The normalized spacial score (nSPS) is 21.8. The molecule has 1 saturated heterocycles. The van der Waals surface area contributed by atoms with Crippen molar-refractivity contribution >= 4 is 16.8 Å². The van der Waals surface area contributed by atoms with E-state index >= 15 is 0 Å². The lowest BCUT2D eigenvalue weighted by Gasteiger charge is -2.32. The Morgan fingerprint density at radius 2 is 1.81 bits per heavy atom. The average molecular weight is 247 g/mol. The largest absolute Gasteiger partial charge is 0.459 e. The summed E-state index contributed by atoms with van der Waals surface area (Å²) < 4.78 is 16.5. The van der Waals surface area contributed by atoms with Gasteiger partial charge in [-0.2, -0.15) is 0 Å². The van der Waals surface area contributed by atoms with Crippen LogP contribution in [-0.4, -0.2) is 51.3 Å². The Labute approximate surface area is 99.8 Å². The monoisotopic (exact) mass is 247 g/mol. The van der Waals surface area contributed by atoms with E-state index in [1.54, 1.807) is 0 Å². The fourth-order valence-corrected chi connectivity index (χ4v) is 2.66. The molecular formula is C11H21NO3S. The van der Waals surface area contributed by atoms with Gasteiger partial charge in [0.2, 0.25) is 0 Å². The van der Waals surface area contributed by atoms with Crippen LogP contribution in [0.2, 0.25) is 0 Å². The Kier molecular flexibility index (Phi) is 4.50. The fourth-order valence-electron chi connectivity index (χ4n) is 1.58. The zero-order valence-electron chi connectivity index (χ0n) is 10.5. The minimum Gasteiger partial charge on any atom is -0.459 e. The van der Waals surface area contributed by atoms with Crippen LogP contribution in [0.3, 0.4) is 0 Å². The molecule has 1 aliphatic rings. The number of rotatable bonds is 2. The van der Waals surface area contributed by atoms with Crippen LogP contribution in [-0.2, 0) is 20.3 Å². The lowest BCUT2D eigenvalue weighted by atomic mass is 10.2. The van der Waals surface area contributed by atoms with Gasteiger partial charge in [0.05, 0.1) is 0 Å². The molecule has 1 heterocycles. The molecule has 0 radical (unpaired) electrons. The molecule has 0 spiro atoms. The van der Waals surface area contributed by atoms with Gasteiger partial charge in [0.25, 0.3) is 0 Å². The highest BCUT2D eigenvalue weighted by Gasteiger charge is 2.28. The number of hydrogen-bond donors (Lipinski definition) is 0. The Balaban J connectivity index is 2.47. The summed E-state index contributed by atoms with van der Waals surface area (Å²) in [6.07, 6.45) is 0. The highest BCUT2D eigenvalue weighted by atomic mass is 32.2. The van der Waals surface area contributed by atoms with Gasteiger partial charge in [-0.15, -0.1) is 0 Å². The van der Waals surface area contributed by atoms with Crippen molar-refractivity contribution in [1.82, 2.24) is 4.90 Å². The van der Waals surface area contributed by atoms with Gasteiger partial charge in [-0.05, 0) is 27.7 Å². The third-order valence-corrected chi connectivity index (χ3v) is 3.78. The Morgan fingerprint density at radius 3 is 2.25 bits per heavy atom. The summed E-state index contributed by atoms with van der Waals surface area (Å²) in [5, 5.41) is 0. The number of carbonyl (C=O) groups excluding carboxylic acids is 1. The standard InChI is InChI=1S/C11H21NO3S/c1-9(10(13)15-11(2,3)4)12-5-7-16(14)8-6-12/h9H,5-8H2,1-4H3. The second kappa shape index (κ2) is 5.27. The van der Waals surface area contributed by atoms with Gasteiger partial charge in [0.1, 0.15) is 11.6 Å². The van der Waals surface area contributed by atoms with Crippen molar-refractivity contribution < 1.29 is 13.7 Å². The zero-order chi connectivity index (χ0) is 12.3. The molecule has 4 nitrogen and oxygen atoms in total. The molecule has 16 heavy (non-hydrogen) atoms. The number of carbonyl (C=O) groups is 1. The first-order valence-electron chi connectivity index (χ1n) is 5.61. The number of nitrogens with zero attached hydrogens (tertiary/aromatic N) is 1. The molecule has 0 aromatic carbocycles. The minimum atomic E-state index is -0.703. The number of hydrogen-bond acceptors (Lipinski definition) is 4. The van der Waals surface area contributed by atoms with Crippen LogP contribution in [0, 0.1) is 0 Å². The van der Waals surface area contributed by atoms with Gasteiger partial charge in [0.15, 0.2) is 0 Å². The molecule has 1 atom stereocenters. The Morgan fingerprint density at radius 1 is 1.31 bits per heavy atom. The summed E-state index contributed by atoms with van der Waals surface area (Å²) in [5.41, 5.74) is -0.441. The van der Waals surface area contributed by atoms with Crippen LogP contribution in [0.25, 0.3) is 0 Å². The van der Waals surface area contributed by atoms with Gasteiger partial charge < -0.3 is 4.74 Å². The quantitative estimate of drug-likeness (QED) is 0.677. The first kappa shape index (κ1) is 13.6. The summed E-state index contributed by atoms with van der Waals surface area (Å²) in [6, 6.07) is -0.239. The molecule has 1 fully saturated rings. The van der Waals surface area contributed by atoms with Crippen LogP contribution in [0.5, 0.6) is 0 Å². The van der Waals surface area contributed by atoms with Crippen LogP contribution in [0.15, 0.2) is 0 Å². The van der Waals surface area contributed by atoms with Crippen LogP contribution >= 0.6 is 0 Å². The summed E-state index contributed by atoms with van der Waals surface area (Å²) in [5.74, 6) is 1.13. The van der Waals surface area contributed by atoms with Crippen molar-refractivity contribution in [3.63, 3.8) is 0 Å². The SMILES string of the molecule is CC(C(=O)OC(C)(C)C)N1CCS(=O)CC1. The third-order valence-electron chi connectivity index (χ3n) is 2.51. The molecule has 0 aromatic rings. The topological polar surface area (TPSA) is 46.6 Å². The molecule has 0 aromatic heterocycles. The Bertz CT molecular complexity index is 275. The van der Waals surface area contributed by atoms with Crippen LogP contribution in [0.1, 0.15) is 27.7 Å². The molecule has 0 amide bonds. The Hall–Kier alpha value is -0.420. The van der Waals surface area contributed by atoms with Gasteiger partial charge >= 0.3 is 5.97 Å². The number of ether oxygens (including phenoxy) is 1. The zero-order valence-corrected chi connectivity index (χ0v) is 11.3. The summed E-state index contributed by atoms with van der Waals surface area (Å²) in [7, 11) is -0.703. The second-order valence-electron chi connectivity index (χ2n) is 5.09. The van der Waals surface area contributed by atoms with E-state index in [0.717, 1.165) is 0 Å². The van der Waals surface area contributed by atoms with Crippen LogP contribution < -0.4 is 0 Å². The molecular weight excluding hydrogens is 226 g/mol. The fraction of sp³-hybridized carbons (Fsp3) is 0.909. The van der Waals surface area contributed by atoms with E-state index in [1.807, 2.05) is 32.6 Å². The van der Waals surface area contributed by atoms with E-state index in [9.17, 15) is 9.00 Å². The average Bonchev–Trinajstić information content (AvgIpc) is 2.15. The first-order valence-corrected chi connectivity index (χ1v) is 7.10. The molecule has 1 aliphatic heterocycles. The van der Waals surface area contributed by atoms with Gasteiger partial charge in [0, 0.05) is 35.4 Å². The highest BCUT2D eigenvalue weighted by molar-refractivity contribution is 7.85. The van der Waals surface area contributed by atoms with Gasteiger partial charge in [-0.25, -0.2) is 0 Å². The van der Waals surface area contributed by atoms with E-state index in [1.165, 1.54) is 0 Å². The molecule has 94 valence electrons. The maximum absolute atomic E-state index is 11.8. The van der Waals surface area contributed by atoms with E-state index in [0.29, 0.717) is 24.6 Å². The van der Waals surface area contributed by atoms with Crippen molar-refractivity contribution in [2.45, 2.75) is 39.3 Å². The second-order valence-corrected chi connectivity index (χ2v) is 6.79. The summed E-state index contributed by atoms with van der Waals surface area (Å²) >= 11 is 0. The van der Waals surface area contributed by atoms with Gasteiger partial charge in [-0.3, -0.25) is 13.9 Å². The lowest BCUT2D eigenvalue weighted by molar-refractivity contribution is -0.160. The maximum Gasteiger partial charge on any atom is 0.323 e. The molecule has 5 heteroatoms. The van der Waals surface area contributed by atoms with E-state index < -0.39 is 16.4 Å². The first-order chi connectivity index (χ1) is 7.29. The predicted octanol–water partition coefficient (Wildman–Crippen LogP) is 0.781. The van der Waals surface area contributed by atoms with E-state index in [4.69, 9.17) is 4.74 Å². The molecule has 0 N–H and O–H groups in total. The molecule has 0 saturated carbocycles. The third kappa shape index (κ3) is 4.22. The maximum atomic E-state index is 11.8. The van der Waals surface area contributed by atoms with E-state index in [-0.39, 0.29) is 12.0 Å². The predicted molar refractivity (Wildman–Crippen MR) is 64.8 cm³/mol. The molecule has 1 unspecified atom stereocenters.